The molecule has 0 aromatic heterocycles. The fourth-order valence-electron chi connectivity index (χ4n) is 1.77. The SMILES string of the molecule is CCC(CC)(CO)CNS(=O)(=O)c1ccccc1F. The van der Waals surface area contributed by atoms with Crippen molar-refractivity contribution in [3.63, 3.8) is 0 Å². The highest BCUT2D eigenvalue weighted by atomic mass is 32.2. The van der Waals surface area contributed by atoms with Gasteiger partial charge in [0.1, 0.15) is 10.7 Å². The van der Waals surface area contributed by atoms with E-state index in [9.17, 15) is 17.9 Å². The topological polar surface area (TPSA) is 66.4 Å². The second-order valence-electron chi connectivity index (χ2n) is 4.62. The van der Waals surface area contributed by atoms with Crippen molar-refractivity contribution in [1.29, 1.82) is 0 Å². The van der Waals surface area contributed by atoms with Crippen LogP contribution in [0, 0.1) is 11.2 Å². The monoisotopic (exact) mass is 289 g/mol. The van der Waals surface area contributed by atoms with Gasteiger partial charge in [0.15, 0.2) is 0 Å². The molecule has 0 heterocycles. The third-order valence-corrected chi connectivity index (χ3v) is 5.03. The van der Waals surface area contributed by atoms with E-state index in [-0.39, 0.29) is 18.0 Å². The van der Waals surface area contributed by atoms with Crippen molar-refractivity contribution < 1.29 is 17.9 Å². The Labute approximate surface area is 113 Å². The zero-order valence-corrected chi connectivity index (χ0v) is 12.0. The van der Waals surface area contributed by atoms with Crippen molar-refractivity contribution >= 4 is 10.0 Å². The standard InChI is InChI=1S/C13H20FNO3S/c1-3-13(4-2,10-16)9-15-19(17,18)12-8-6-5-7-11(12)14/h5-8,15-16H,3-4,9-10H2,1-2H3. The molecule has 0 radical (unpaired) electrons. The molecule has 1 aromatic carbocycles. The first-order chi connectivity index (χ1) is 8.90. The summed E-state index contributed by atoms with van der Waals surface area (Å²) < 4.78 is 39.9. The summed E-state index contributed by atoms with van der Waals surface area (Å²) in [5.74, 6) is -0.780. The van der Waals surface area contributed by atoms with E-state index in [4.69, 9.17) is 0 Å². The van der Waals surface area contributed by atoms with E-state index in [1.807, 2.05) is 13.8 Å². The van der Waals surface area contributed by atoms with E-state index < -0.39 is 21.3 Å². The van der Waals surface area contributed by atoms with Gasteiger partial charge in [-0.1, -0.05) is 26.0 Å². The maximum Gasteiger partial charge on any atom is 0.243 e. The third-order valence-electron chi connectivity index (χ3n) is 3.60. The minimum Gasteiger partial charge on any atom is -0.396 e. The Kier molecular flexibility index (Phi) is 5.46. The number of hydrogen-bond donors (Lipinski definition) is 2. The molecule has 0 saturated carbocycles. The molecule has 0 aliphatic rings. The van der Waals surface area contributed by atoms with Crippen molar-refractivity contribution in [1.82, 2.24) is 4.72 Å². The quantitative estimate of drug-likeness (QED) is 0.805. The van der Waals surface area contributed by atoms with Gasteiger partial charge < -0.3 is 5.11 Å². The molecule has 6 heteroatoms. The Morgan fingerprint density at radius 3 is 2.32 bits per heavy atom. The van der Waals surface area contributed by atoms with Gasteiger partial charge in [0.05, 0.1) is 0 Å². The van der Waals surface area contributed by atoms with E-state index in [0.29, 0.717) is 12.8 Å². The Morgan fingerprint density at radius 1 is 1.26 bits per heavy atom. The smallest absolute Gasteiger partial charge is 0.243 e. The van der Waals surface area contributed by atoms with Crippen LogP contribution in [0.5, 0.6) is 0 Å². The van der Waals surface area contributed by atoms with Gasteiger partial charge in [-0.3, -0.25) is 0 Å². The number of rotatable bonds is 7. The summed E-state index contributed by atoms with van der Waals surface area (Å²) in [5.41, 5.74) is -0.502. The highest BCUT2D eigenvalue weighted by molar-refractivity contribution is 7.89. The Bertz CT molecular complexity index is 504. The van der Waals surface area contributed by atoms with Gasteiger partial charge in [-0.05, 0) is 25.0 Å². The van der Waals surface area contributed by atoms with Crippen LogP contribution in [0.25, 0.3) is 0 Å². The second kappa shape index (κ2) is 6.45. The number of aliphatic hydroxyl groups is 1. The number of hydrogen-bond acceptors (Lipinski definition) is 3. The molecule has 0 amide bonds. The molecule has 0 aliphatic heterocycles. The first-order valence-corrected chi connectivity index (χ1v) is 7.74. The minimum atomic E-state index is -3.89. The van der Waals surface area contributed by atoms with Crippen LogP contribution in [0.3, 0.4) is 0 Å². The summed E-state index contributed by atoms with van der Waals surface area (Å²) in [4.78, 5) is -0.367. The number of benzene rings is 1. The van der Waals surface area contributed by atoms with Gasteiger partial charge in [0.2, 0.25) is 10.0 Å². The van der Waals surface area contributed by atoms with Crippen molar-refractivity contribution in [3.05, 3.63) is 30.1 Å². The number of sulfonamides is 1. The summed E-state index contributed by atoms with van der Waals surface area (Å²) in [6.07, 6.45) is 1.28. The molecule has 0 bridgehead atoms. The lowest BCUT2D eigenvalue weighted by Gasteiger charge is -2.29. The van der Waals surface area contributed by atoms with Gasteiger partial charge in [0.25, 0.3) is 0 Å². The first kappa shape index (κ1) is 16.1. The Balaban J connectivity index is 2.90. The largest absolute Gasteiger partial charge is 0.396 e. The second-order valence-corrected chi connectivity index (χ2v) is 6.36. The zero-order valence-electron chi connectivity index (χ0n) is 11.2. The van der Waals surface area contributed by atoms with E-state index in [2.05, 4.69) is 4.72 Å². The number of nitrogens with one attached hydrogen (secondary N) is 1. The molecule has 2 N–H and O–H groups in total. The fourth-order valence-corrected chi connectivity index (χ4v) is 3.00. The van der Waals surface area contributed by atoms with Crippen LogP contribution in [0.15, 0.2) is 29.2 Å². The van der Waals surface area contributed by atoms with Crippen molar-refractivity contribution in [3.8, 4) is 0 Å². The predicted octanol–water partition coefficient (Wildman–Crippen LogP) is 1.90. The van der Waals surface area contributed by atoms with Crippen molar-refractivity contribution in [2.75, 3.05) is 13.2 Å². The van der Waals surface area contributed by atoms with Gasteiger partial charge in [0, 0.05) is 18.6 Å². The molecule has 1 aromatic rings. The Hall–Kier alpha value is -0.980. The predicted molar refractivity (Wildman–Crippen MR) is 71.7 cm³/mol. The number of halogens is 1. The Morgan fingerprint density at radius 2 is 1.84 bits per heavy atom. The van der Waals surface area contributed by atoms with Gasteiger partial charge in [-0.25, -0.2) is 17.5 Å². The maximum absolute atomic E-state index is 13.5. The minimum absolute atomic E-state index is 0.0904. The lowest BCUT2D eigenvalue weighted by molar-refractivity contribution is 0.119. The van der Waals surface area contributed by atoms with Crippen LogP contribution in [-0.4, -0.2) is 26.7 Å². The normalized spacial score (nSPS) is 12.6. The molecule has 4 nitrogen and oxygen atoms in total. The molecular formula is C13H20FNO3S. The van der Waals surface area contributed by atoms with Gasteiger partial charge in [-0.2, -0.15) is 0 Å². The molecule has 19 heavy (non-hydrogen) atoms. The highest BCUT2D eigenvalue weighted by Crippen LogP contribution is 2.25. The summed E-state index contributed by atoms with van der Waals surface area (Å²) in [6, 6.07) is 5.23. The van der Waals surface area contributed by atoms with Crippen molar-refractivity contribution in [2.24, 2.45) is 5.41 Å². The number of aliphatic hydroxyl groups excluding tert-OH is 1. The lowest BCUT2D eigenvalue weighted by atomic mass is 9.84. The van der Waals surface area contributed by atoms with Crippen LogP contribution in [0.1, 0.15) is 26.7 Å². The van der Waals surface area contributed by atoms with Crippen LogP contribution < -0.4 is 4.72 Å². The average Bonchev–Trinajstić information content (AvgIpc) is 2.41. The maximum atomic E-state index is 13.5. The summed E-state index contributed by atoms with van der Waals surface area (Å²) >= 11 is 0. The van der Waals surface area contributed by atoms with E-state index in [1.54, 1.807) is 0 Å². The highest BCUT2D eigenvalue weighted by Gasteiger charge is 2.28. The van der Waals surface area contributed by atoms with Gasteiger partial charge in [-0.15, -0.1) is 0 Å². The molecule has 0 saturated heterocycles. The molecule has 0 atom stereocenters. The van der Waals surface area contributed by atoms with Crippen molar-refractivity contribution in [2.45, 2.75) is 31.6 Å². The zero-order chi connectivity index (χ0) is 14.5. The average molecular weight is 289 g/mol. The van der Waals surface area contributed by atoms with Crippen LogP contribution in [0.2, 0.25) is 0 Å². The third kappa shape index (κ3) is 3.75. The van der Waals surface area contributed by atoms with E-state index >= 15 is 0 Å². The molecule has 0 fully saturated rings. The molecule has 0 aliphatic carbocycles. The summed E-state index contributed by atoms with van der Waals surface area (Å²) in [6.45, 7) is 3.75. The van der Waals surface area contributed by atoms with Crippen LogP contribution in [-0.2, 0) is 10.0 Å². The summed E-state index contributed by atoms with van der Waals surface area (Å²) in [5, 5.41) is 9.39. The summed E-state index contributed by atoms with van der Waals surface area (Å²) in [7, 11) is -3.89. The van der Waals surface area contributed by atoms with E-state index in [0.717, 1.165) is 6.07 Å². The molecule has 0 spiro atoms. The lowest BCUT2D eigenvalue weighted by Crippen LogP contribution is -2.39. The van der Waals surface area contributed by atoms with Gasteiger partial charge >= 0.3 is 0 Å². The fraction of sp³-hybridized carbons (Fsp3) is 0.538. The molecule has 1 rings (SSSR count). The molecular weight excluding hydrogens is 269 g/mol. The van der Waals surface area contributed by atoms with Crippen LogP contribution >= 0.6 is 0 Å². The molecule has 0 unspecified atom stereocenters. The molecule has 108 valence electrons. The van der Waals surface area contributed by atoms with Crippen LogP contribution in [0.4, 0.5) is 4.39 Å². The van der Waals surface area contributed by atoms with E-state index in [1.165, 1.54) is 18.2 Å². The first-order valence-electron chi connectivity index (χ1n) is 6.26.